The van der Waals surface area contributed by atoms with Gasteiger partial charge in [0.25, 0.3) is 0 Å². The van der Waals surface area contributed by atoms with Gasteiger partial charge >= 0.3 is 5.97 Å². The predicted octanol–water partition coefficient (Wildman–Crippen LogP) is 1.16. The summed E-state index contributed by atoms with van der Waals surface area (Å²) in [5.41, 5.74) is -0.467. The van der Waals surface area contributed by atoms with Crippen LogP contribution < -0.4 is 10.6 Å². The second kappa shape index (κ2) is 8.55. The molecule has 0 spiro atoms. The van der Waals surface area contributed by atoms with E-state index in [1.54, 1.807) is 20.8 Å². The normalized spacial score (nSPS) is 12.6. The van der Waals surface area contributed by atoms with E-state index in [9.17, 15) is 14.4 Å². The number of aliphatic carboxylic acids is 1. The SMILES string of the molecule is CCC(CNC(=O)CCNC(=O)C(C)(C)C)CC(=O)O. The summed E-state index contributed by atoms with van der Waals surface area (Å²) < 4.78 is 0. The van der Waals surface area contributed by atoms with Crippen LogP contribution in [0.15, 0.2) is 0 Å². The van der Waals surface area contributed by atoms with Gasteiger partial charge in [-0.15, -0.1) is 0 Å². The molecule has 3 N–H and O–H groups in total. The zero-order valence-corrected chi connectivity index (χ0v) is 12.8. The van der Waals surface area contributed by atoms with Crippen molar-refractivity contribution in [3.63, 3.8) is 0 Å². The van der Waals surface area contributed by atoms with E-state index < -0.39 is 11.4 Å². The summed E-state index contributed by atoms with van der Waals surface area (Å²) in [5.74, 6) is -1.19. The van der Waals surface area contributed by atoms with Gasteiger partial charge in [0.05, 0.1) is 0 Å². The van der Waals surface area contributed by atoms with Crippen molar-refractivity contribution in [1.82, 2.24) is 10.6 Å². The molecule has 0 bridgehead atoms. The summed E-state index contributed by atoms with van der Waals surface area (Å²) >= 11 is 0. The number of rotatable bonds is 8. The molecular weight excluding hydrogens is 260 g/mol. The molecule has 6 nitrogen and oxygen atoms in total. The molecule has 6 heteroatoms. The lowest BCUT2D eigenvalue weighted by Crippen LogP contribution is -2.38. The van der Waals surface area contributed by atoms with E-state index in [1.165, 1.54) is 0 Å². The molecule has 20 heavy (non-hydrogen) atoms. The first-order valence-electron chi connectivity index (χ1n) is 6.93. The maximum atomic E-state index is 11.6. The molecule has 0 aliphatic rings. The maximum absolute atomic E-state index is 11.6. The first-order chi connectivity index (χ1) is 9.16. The molecule has 0 aliphatic heterocycles. The van der Waals surface area contributed by atoms with Gasteiger partial charge in [0, 0.05) is 31.3 Å². The third kappa shape index (κ3) is 8.50. The second-order valence-electron chi connectivity index (χ2n) is 5.93. The van der Waals surface area contributed by atoms with Crippen molar-refractivity contribution in [2.75, 3.05) is 13.1 Å². The Bertz CT molecular complexity index is 348. The molecule has 0 aromatic heterocycles. The number of amides is 2. The molecule has 0 aromatic rings. The summed E-state index contributed by atoms with van der Waals surface area (Å²) in [6.07, 6.45) is 0.955. The molecule has 2 amide bonds. The van der Waals surface area contributed by atoms with E-state index in [1.807, 2.05) is 6.92 Å². The summed E-state index contributed by atoms with van der Waals surface area (Å²) in [7, 11) is 0. The fraction of sp³-hybridized carbons (Fsp3) is 0.786. The summed E-state index contributed by atoms with van der Waals surface area (Å²) in [4.78, 5) is 33.7. The molecule has 0 radical (unpaired) electrons. The average Bonchev–Trinajstić information content (AvgIpc) is 2.32. The van der Waals surface area contributed by atoms with Crippen molar-refractivity contribution in [1.29, 1.82) is 0 Å². The van der Waals surface area contributed by atoms with Gasteiger partial charge in [0.2, 0.25) is 11.8 Å². The maximum Gasteiger partial charge on any atom is 0.303 e. The molecule has 116 valence electrons. The topological polar surface area (TPSA) is 95.5 Å². The predicted molar refractivity (Wildman–Crippen MR) is 76.1 cm³/mol. The van der Waals surface area contributed by atoms with Crippen LogP contribution in [0.1, 0.15) is 47.0 Å². The van der Waals surface area contributed by atoms with E-state index >= 15 is 0 Å². The highest BCUT2D eigenvalue weighted by Gasteiger charge is 2.20. The number of carboxylic acid groups (broad SMARTS) is 1. The van der Waals surface area contributed by atoms with Gasteiger partial charge in [-0.3, -0.25) is 14.4 Å². The first-order valence-corrected chi connectivity index (χ1v) is 6.93. The Morgan fingerprint density at radius 3 is 2.20 bits per heavy atom. The smallest absolute Gasteiger partial charge is 0.303 e. The minimum Gasteiger partial charge on any atom is -0.481 e. The average molecular weight is 286 g/mol. The lowest BCUT2D eigenvalue weighted by molar-refractivity contribution is -0.138. The molecule has 0 saturated carbocycles. The second-order valence-corrected chi connectivity index (χ2v) is 5.93. The van der Waals surface area contributed by atoms with Crippen molar-refractivity contribution in [3.05, 3.63) is 0 Å². The van der Waals surface area contributed by atoms with Crippen LogP contribution in [-0.4, -0.2) is 36.0 Å². The van der Waals surface area contributed by atoms with Crippen molar-refractivity contribution < 1.29 is 19.5 Å². The third-order valence-corrected chi connectivity index (χ3v) is 2.95. The van der Waals surface area contributed by atoms with Gasteiger partial charge in [-0.25, -0.2) is 0 Å². The number of carbonyl (C=O) groups is 3. The summed E-state index contributed by atoms with van der Waals surface area (Å²) in [6.45, 7) is 7.95. The van der Waals surface area contributed by atoms with Crippen LogP contribution in [0.2, 0.25) is 0 Å². The van der Waals surface area contributed by atoms with E-state index in [-0.39, 0.29) is 37.1 Å². The molecule has 0 fully saturated rings. The number of carboxylic acids is 1. The van der Waals surface area contributed by atoms with Gasteiger partial charge in [0.1, 0.15) is 0 Å². The van der Waals surface area contributed by atoms with E-state index in [0.29, 0.717) is 13.0 Å². The van der Waals surface area contributed by atoms with Crippen LogP contribution in [-0.2, 0) is 14.4 Å². The van der Waals surface area contributed by atoms with Gasteiger partial charge in [-0.05, 0) is 5.92 Å². The van der Waals surface area contributed by atoms with Crippen LogP contribution in [0.4, 0.5) is 0 Å². The standard InChI is InChI=1S/C14H26N2O4/c1-5-10(8-12(18)19)9-16-11(17)6-7-15-13(20)14(2,3)4/h10H,5-9H2,1-4H3,(H,15,20)(H,16,17)(H,18,19). The molecule has 1 unspecified atom stereocenters. The summed E-state index contributed by atoms with van der Waals surface area (Å²) in [5, 5.41) is 14.1. The number of nitrogens with one attached hydrogen (secondary N) is 2. The Hall–Kier alpha value is -1.59. The Morgan fingerprint density at radius 2 is 1.75 bits per heavy atom. The van der Waals surface area contributed by atoms with Crippen LogP contribution in [0, 0.1) is 11.3 Å². The molecular formula is C14H26N2O4. The zero-order valence-electron chi connectivity index (χ0n) is 12.8. The van der Waals surface area contributed by atoms with E-state index in [2.05, 4.69) is 10.6 Å². The lowest BCUT2D eigenvalue weighted by atomic mass is 9.96. The largest absolute Gasteiger partial charge is 0.481 e. The molecule has 0 rings (SSSR count). The Balaban J connectivity index is 3.89. The fourth-order valence-corrected chi connectivity index (χ4v) is 1.51. The number of carbonyl (C=O) groups excluding carboxylic acids is 2. The third-order valence-electron chi connectivity index (χ3n) is 2.95. The Morgan fingerprint density at radius 1 is 1.15 bits per heavy atom. The molecule has 0 aliphatic carbocycles. The van der Waals surface area contributed by atoms with Crippen LogP contribution in [0.25, 0.3) is 0 Å². The van der Waals surface area contributed by atoms with Crippen molar-refractivity contribution >= 4 is 17.8 Å². The monoisotopic (exact) mass is 286 g/mol. The van der Waals surface area contributed by atoms with E-state index in [0.717, 1.165) is 0 Å². The zero-order chi connectivity index (χ0) is 15.8. The van der Waals surface area contributed by atoms with Gasteiger partial charge < -0.3 is 15.7 Å². The highest BCUT2D eigenvalue weighted by Crippen LogP contribution is 2.12. The molecule has 0 saturated heterocycles. The molecule has 1 atom stereocenters. The lowest BCUT2D eigenvalue weighted by Gasteiger charge is -2.17. The minimum atomic E-state index is -0.858. The van der Waals surface area contributed by atoms with Gasteiger partial charge in [0.15, 0.2) is 0 Å². The fourth-order valence-electron chi connectivity index (χ4n) is 1.51. The summed E-state index contributed by atoms with van der Waals surface area (Å²) in [6, 6.07) is 0. The highest BCUT2D eigenvalue weighted by atomic mass is 16.4. The Kier molecular flexibility index (Phi) is 7.87. The van der Waals surface area contributed by atoms with Gasteiger partial charge in [-0.1, -0.05) is 34.1 Å². The molecule has 0 heterocycles. The van der Waals surface area contributed by atoms with Crippen LogP contribution in [0.5, 0.6) is 0 Å². The van der Waals surface area contributed by atoms with Crippen molar-refractivity contribution in [2.45, 2.75) is 47.0 Å². The number of hydrogen-bond donors (Lipinski definition) is 3. The quantitative estimate of drug-likeness (QED) is 0.624. The minimum absolute atomic E-state index is 0.0531. The first kappa shape index (κ1) is 18.4. The van der Waals surface area contributed by atoms with E-state index in [4.69, 9.17) is 5.11 Å². The van der Waals surface area contributed by atoms with Crippen LogP contribution in [0.3, 0.4) is 0 Å². The van der Waals surface area contributed by atoms with Crippen LogP contribution >= 0.6 is 0 Å². The number of hydrogen-bond acceptors (Lipinski definition) is 3. The van der Waals surface area contributed by atoms with Crippen molar-refractivity contribution in [2.24, 2.45) is 11.3 Å². The molecule has 0 aromatic carbocycles. The highest BCUT2D eigenvalue weighted by molar-refractivity contribution is 5.82. The Labute approximate surface area is 120 Å². The van der Waals surface area contributed by atoms with Crippen molar-refractivity contribution in [3.8, 4) is 0 Å². The van der Waals surface area contributed by atoms with Gasteiger partial charge in [-0.2, -0.15) is 0 Å².